The first-order valence-electron chi connectivity index (χ1n) is 6.53. The van der Waals surface area contributed by atoms with Crippen molar-refractivity contribution in [2.45, 2.75) is 32.6 Å². The Morgan fingerprint density at radius 3 is 2.80 bits per heavy atom. The van der Waals surface area contributed by atoms with E-state index in [9.17, 15) is 9.59 Å². The zero-order chi connectivity index (χ0) is 14.9. The second kappa shape index (κ2) is 5.40. The number of carbonyl (C=O) groups is 2. The van der Waals surface area contributed by atoms with Crippen LogP contribution in [0, 0.1) is 5.41 Å². The van der Waals surface area contributed by atoms with Gasteiger partial charge in [-0.25, -0.2) is 4.98 Å². The molecule has 1 aromatic rings. The fourth-order valence-electron chi connectivity index (χ4n) is 2.26. The van der Waals surface area contributed by atoms with Gasteiger partial charge in [0.15, 0.2) is 5.13 Å². The number of carbonyl (C=O) groups excluding carboxylic acids is 1. The van der Waals surface area contributed by atoms with Crippen molar-refractivity contribution in [1.29, 1.82) is 0 Å². The second-order valence-corrected chi connectivity index (χ2v) is 6.66. The zero-order valence-corrected chi connectivity index (χ0v) is 12.6. The van der Waals surface area contributed by atoms with Crippen molar-refractivity contribution in [1.82, 2.24) is 10.3 Å². The summed E-state index contributed by atoms with van der Waals surface area (Å²) in [7, 11) is 1.61. The Kier molecular flexibility index (Phi) is 3.99. The summed E-state index contributed by atoms with van der Waals surface area (Å²) in [4.78, 5) is 28.2. The molecule has 2 rings (SSSR count). The van der Waals surface area contributed by atoms with E-state index in [1.165, 1.54) is 11.3 Å². The summed E-state index contributed by atoms with van der Waals surface area (Å²) in [6, 6.07) is 0. The largest absolute Gasteiger partial charge is 0.481 e. The van der Waals surface area contributed by atoms with Crippen LogP contribution in [0.5, 0.6) is 0 Å². The van der Waals surface area contributed by atoms with Crippen LogP contribution in [0.3, 0.4) is 0 Å². The standard InChI is InChI=1S/C13H19N3O3S/c1-13(2,11(19)14-3)6-15-12-16-9-7(10(17)18)4-5-8(9)20-12/h7H,4-6H2,1-3H3,(H,14,19)(H,15,16)(H,17,18). The molecule has 110 valence electrons. The van der Waals surface area contributed by atoms with Crippen LogP contribution in [0.25, 0.3) is 0 Å². The number of nitrogens with zero attached hydrogens (tertiary/aromatic N) is 1. The maximum absolute atomic E-state index is 11.7. The first-order chi connectivity index (χ1) is 9.35. The van der Waals surface area contributed by atoms with Gasteiger partial charge in [0, 0.05) is 18.5 Å². The van der Waals surface area contributed by atoms with Crippen molar-refractivity contribution in [2.24, 2.45) is 5.41 Å². The van der Waals surface area contributed by atoms with Crippen LogP contribution < -0.4 is 10.6 Å². The Morgan fingerprint density at radius 2 is 2.20 bits per heavy atom. The number of rotatable bonds is 5. The number of aliphatic carboxylic acids is 1. The van der Waals surface area contributed by atoms with Gasteiger partial charge < -0.3 is 15.7 Å². The van der Waals surface area contributed by atoms with Crippen molar-refractivity contribution in [2.75, 3.05) is 18.9 Å². The van der Waals surface area contributed by atoms with Crippen LogP contribution in [0.4, 0.5) is 5.13 Å². The molecule has 6 nitrogen and oxygen atoms in total. The first-order valence-corrected chi connectivity index (χ1v) is 7.35. The Labute approximate surface area is 121 Å². The fraction of sp³-hybridized carbons (Fsp3) is 0.615. The van der Waals surface area contributed by atoms with E-state index in [1.54, 1.807) is 7.05 Å². The third kappa shape index (κ3) is 2.77. The van der Waals surface area contributed by atoms with E-state index in [4.69, 9.17) is 5.11 Å². The number of aryl methyl sites for hydroxylation is 1. The third-order valence-electron chi connectivity index (χ3n) is 3.54. The number of anilines is 1. The number of carboxylic acid groups (broad SMARTS) is 1. The van der Waals surface area contributed by atoms with Gasteiger partial charge in [-0.15, -0.1) is 11.3 Å². The van der Waals surface area contributed by atoms with Gasteiger partial charge in [0.2, 0.25) is 5.91 Å². The topological polar surface area (TPSA) is 91.3 Å². The molecule has 0 aliphatic heterocycles. The number of carboxylic acids is 1. The van der Waals surface area contributed by atoms with Gasteiger partial charge in [0.05, 0.1) is 11.1 Å². The Morgan fingerprint density at radius 1 is 1.50 bits per heavy atom. The fourth-order valence-corrected chi connectivity index (χ4v) is 3.29. The third-order valence-corrected chi connectivity index (χ3v) is 4.63. The zero-order valence-electron chi connectivity index (χ0n) is 11.8. The molecule has 0 aromatic carbocycles. The lowest BCUT2D eigenvalue weighted by molar-refractivity contribution is -0.138. The molecule has 1 heterocycles. The molecule has 0 spiro atoms. The minimum atomic E-state index is -0.814. The van der Waals surface area contributed by atoms with E-state index < -0.39 is 17.3 Å². The molecule has 1 atom stereocenters. The highest BCUT2D eigenvalue weighted by molar-refractivity contribution is 7.15. The molecule has 20 heavy (non-hydrogen) atoms. The molecule has 0 saturated carbocycles. The highest BCUT2D eigenvalue weighted by atomic mass is 32.1. The Hall–Kier alpha value is -1.63. The second-order valence-electron chi connectivity index (χ2n) is 5.57. The highest BCUT2D eigenvalue weighted by Gasteiger charge is 2.33. The quantitative estimate of drug-likeness (QED) is 0.765. The number of fused-ring (bicyclic) bond motifs is 1. The molecule has 0 fully saturated rings. The summed E-state index contributed by atoms with van der Waals surface area (Å²) in [5.41, 5.74) is 0.139. The molecule has 1 aliphatic rings. The molecular weight excluding hydrogens is 278 g/mol. The molecule has 3 N–H and O–H groups in total. The highest BCUT2D eigenvalue weighted by Crippen LogP contribution is 2.38. The van der Waals surface area contributed by atoms with Gasteiger partial charge in [-0.05, 0) is 26.7 Å². The van der Waals surface area contributed by atoms with E-state index in [-0.39, 0.29) is 5.91 Å². The summed E-state index contributed by atoms with van der Waals surface area (Å²) in [6.45, 7) is 4.15. The van der Waals surface area contributed by atoms with Gasteiger partial charge in [0.25, 0.3) is 0 Å². The van der Waals surface area contributed by atoms with Gasteiger partial charge in [-0.2, -0.15) is 0 Å². The summed E-state index contributed by atoms with van der Waals surface area (Å²) >= 11 is 1.49. The number of nitrogens with one attached hydrogen (secondary N) is 2. The molecule has 0 radical (unpaired) electrons. The molecule has 0 saturated heterocycles. The minimum Gasteiger partial charge on any atom is -0.481 e. The number of thiazole rings is 1. The SMILES string of the molecule is CNC(=O)C(C)(C)CNc1nc2c(s1)CCC2C(=O)O. The normalized spacial score (nSPS) is 17.6. The summed E-state index contributed by atoms with van der Waals surface area (Å²) in [5.74, 6) is -1.34. The molecular formula is C13H19N3O3S. The molecule has 1 aromatic heterocycles. The maximum Gasteiger partial charge on any atom is 0.312 e. The molecule has 1 unspecified atom stereocenters. The molecule has 1 aliphatic carbocycles. The average molecular weight is 297 g/mol. The Balaban J connectivity index is 2.05. The molecule has 7 heteroatoms. The maximum atomic E-state index is 11.7. The van der Waals surface area contributed by atoms with Crippen LogP contribution in [-0.4, -0.2) is 35.6 Å². The van der Waals surface area contributed by atoms with Gasteiger partial charge in [-0.1, -0.05) is 0 Å². The van der Waals surface area contributed by atoms with Crippen LogP contribution in [0.2, 0.25) is 0 Å². The lowest BCUT2D eigenvalue weighted by Gasteiger charge is -2.22. The van der Waals surface area contributed by atoms with Crippen LogP contribution in [-0.2, 0) is 16.0 Å². The minimum absolute atomic E-state index is 0.0440. The van der Waals surface area contributed by atoms with E-state index >= 15 is 0 Å². The summed E-state index contributed by atoms with van der Waals surface area (Å²) < 4.78 is 0. The smallest absolute Gasteiger partial charge is 0.312 e. The van der Waals surface area contributed by atoms with E-state index in [2.05, 4.69) is 15.6 Å². The van der Waals surface area contributed by atoms with Crippen LogP contribution >= 0.6 is 11.3 Å². The Bertz CT molecular complexity index is 539. The van der Waals surface area contributed by atoms with Crippen molar-refractivity contribution >= 4 is 28.3 Å². The van der Waals surface area contributed by atoms with E-state index in [0.29, 0.717) is 23.8 Å². The van der Waals surface area contributed by atoms with Crippen molar-refractivity contribution < 1.29 is 14.7 Å². The average Bonchev–Trinajstić information content (AvgIpc) is 2.94. The predicted molar refractivity (Wildman–Crippen MR) is 77.1 cm³/mol. The number of amides is 1. The van der Waals surface area contributed by atoms with Gasteiger partial charge in [-0.3, -0.25) is 9.59 Å². The summed E-state index contributed by atoms with van der Waals surface area (Å²) in [5, 5.41) is 15.6. The summed E-state index contributed by atoms with van der Waals surface area (Å²) in [6.07, 6.45) is 1.40. The van der Waals surface area contributed by atoms with Crippen molar-refractivity contribution in [3.8, 4) is 0 Å². The van der Waals surface area contributed by atoms with Gasteiger partial charge in [0.1, 0.15) is 5.92 Å². The van der Waals surface area contributed by atoms with E-state index in [1.807, 2.05) is 13.8 Å². The number of hydrogen-bond donors (Lipinski definition) is 3. The lowest BCUT2D eigenvalue weighted by Crippen LogP contribution is -2.39. The molecule has 1 amide bonds. The number of aromatic nitrogens is 1. The first kappa shape index (κ1) is 14.8. The van der Waals surface area contributed by atoms with Crippen molar-refractivity contribution in [3.63, 3.8) is 0 Å². The van der Waals surface area contributed by atoms with Gasteiger partial charge >= 0.3 is 5.97 Å². The predicted octanol–water partition coefficient (Wildman–Crippen LogP) is 1.44. The van der Waals surface area contributed by atoms with Crippen LogP contribution in [0.1, 0.15) is 36.8 Å². The lowest BCUT2D eigenvalue weighted by atomic mass is 9.92. The van der Waals surface area contributed by atoms with E-state index in [0.717, 1.165) is 11.3 Å². The van der Waals surface area contributed by atoms with Crippen molar-refractivity contribution in [3.05, 3.63) is 10.6 Å². The monoisotopic (exact) mass is 297 g/mol. The van der Waals surface area contributed by atoms with Crippen LogP contribution in [0.15, 0.2) is 0 Å². The molecule has 0 bridgehead atoms. The number of hydrogen-bond acceptors (Lipinski definition) is 5.